The van der Waals surface area contributed by atoms with Crippen molar-refractivity contribution in [3.8, 4) is 11.5 Å². The third-order valence-electron chi connectivity index (χ3n) is 6.61. The first-order valence-electron chi connectivity index (χ1n) is 12.3. The minimum absolute atomic E-state index is 0.0139. The minimum atomic E-state index is 0.0139. The normalized spacial score (nSPS) is 15.8. The van der Waals surface area contributed by atoms with Gasteiger partial charge in [0.2, 0.25) is 5.91 Å². The molecule has 184 valence electrons. The number of hydrogen-bond donors (Lipinski definition) is 0. The molecule has 5 rings (SSSR count). The molecule has 0 spiro atoms. The number of hydrogen-bond acceptors (Lipinski definition) is 4. The summed E-state index contributed by atoms with van der Waals surface area (Å²) >= 11 is 0. The smallest absolute Gasteiger partial charge is 0.227 e. The van der Waals surface area contributed by atoms with E-state index in [9.17, 15) is 4.79 Å². The van der Waals surface area contributed by atoms with Crippen molar-refractivity contribution in [3.63, 3.8) is 0 Å². The Morgan fingerprint density at radius 3 is 2.72 bits per heavy atom. The van der Waals surface area contributed by atoms with Crippen molar-refractivity contribution in [2.45, 2.75) is 32.7 Å². The molecule has 1 saturated heterocycles. The van der Waals surface area contributed by atoms with Gasteiger partial charge >= 0.3 is 0 Å². The Labute approximate surface area is 211 Å². The number of amides is 1. The second-order valence-corrected chi connectivity index (χ2v) is 9.11. The van der Waals surface area contributed by atoms with E-state index in [-0.39, 0.29) is 11.8 Å². The average molecular weight is 482 g/mol. The van der Waals surface area contributed by atoms with Crippen LogP contribution in [0.15, 0.2) is 72.8 Å². The second kappa shape index (κ2) is 10.3. The molecule has 0 bridgehead atoms. The summed E-state index contributed by atoms with van der Waals surface area (Å²) in [6.07, 6.45) is 4.46. The Balaban J connectivity index is 1.38. The van der Waals surface area contributed by atoms with E-state index in [4.69, 9.17) is 14.5 Å². The lowest BCUT2D eigenvalue weighted by atomic mass is 10.1. The monoisotopic (exact) mass is 481 g/mol. The molecule has 1 aromatic heterocycles. The highest BCUT2D eigenvalue weighted by Crippen LogP contribution is 2.34. The van der Waals surface area contributed by atoms with Crippen LogP contribution in [0.2, 0.25) is 0 Å². The van der Waals surface area contributed by atoms with Crippen LogP contribution in [-0.4, -0.2) is 35.7 Å². The molecule has 0 unspecified atom stereocenters. The lowest BCUT2D eigenvalue weighted by Crippen LogP contribution is -2.24. The molecule has 1 aliphatic rings. The predicted octanol–water partition coefficient (Wildman–Crippen LogP) is 5.99. The van der Waals surface area contributed by atoms with Crippen molar-refractivity contribution in [3.05, 3.63) is 89.8 Å². The summed E-state index contributed by atoms with van der Waals surface area (Å²) in [5.41, 5.74) is 5.13. The lowest BCUT2D eigenvalue weighted by Gasteiger charge is -2.18. The molecule has 0 radical (unpaired) electrons. The topological polar surface area (TPSA) is 56.6 Å². The van der Waals surface area contributed by atoms with Gasteiger partial charge in [-0.05, 0) is 61.4 Å². The zero-order chi connectivity index (χ0) is 25.1. The van der Waals surface area contributed by atoms with E-state index in [0.717, 1.165) is 33.7 Å². The van der Waals surface area contributed by atoms with Gasteiger partial charge < -0.3 is 18.9 Å². The fourth-order valence-corrected chi connectivity index (χ4v) is 4.91. The summed E-state index contributed by atoms with van der Waals surface area (Å²) in [5, 5.41) is 0. The quantitative estimate of drug-likeness (QED) is 0.310. The third kappa shape index (κ3) is 4.71. The molecule has 0 aliphatic carbocycles. The molecule has 1 aliphatic heterocycles. The van der Waals surface area contributed by atoms with Crippen LogP contribution in [0.5, 0.6) is 11.5 Å². The number of benzene rings is 3. The summed E-state index contributed by atoms with van der Waals surface area (Å²) in [7, 11) is 1.65. The molecule has 1 fully saturated rings. The van der Waals surface area contributed by atoms with Gasteiger partial charge in [0.15, 0.2) is 11.5 Å². The number of carbonyl (C=O) groups is 1. The highest BCUT2D eigenvalue weighted by molar-refractivity contribution is 5.96. The van der Waals surface area contributed by atoms with Crippen LogP contribution in [-0.2, 0) is 11.3 Å². The van der Waals surface area contributed by atoms with E-state index in [1.165, 1.54) is 0 Å². The van der Waals surface area contributed by atoms with Crippen molar-refractivity contribution >= 4 is 28.7 Å². The largest absolute Gasteiger partial charge is 0.493 e. The number of aryl methyl sites for hydroxylation is 1. The van der Waals surface area contributed by atoms with E-state index in [1.807, 2.05) is 85.5 Å². The van der Waals surface area contributed by atoms with Gasteiger partial charge in [-0.3, -0.25) is 4.79 Å². The zero-order valence-electron chi connectivity index (χ0n) is 21.0. The number of anilines is 1. The van der Waals surface area contributed by atoms with Crippen molar-refractivity contribution in [1.82, 2.24) is 9.55 Å². The molecule has 0 saturated carbocycles. The van der Waals surface area contributed by atoms with Crippen molar-refractivity contribution < 1.29 is 14.3 Å². The number of rotatable bonds is 8. The molecule has 6 nitrogen and oxygen atoms in total. The third-order valence-corrected chi connectivity index (χ3v) is 6.61. The highest BCUT2D eigenvalue weighted by Gasteiger charge is 2.34. The first-order chi connectivity index (χ1) is 17.6. The van der Waals surface area contributed by atoms with Crippen LogP contribution in [0, 0.1) is 6.92 Å². The molecule has 1 atom stereocenters. The van der Waals surface area contributed by atoms with E-state index < -0.39 is 0 Å². The average Bonchev–Trinajstić information content (AvgIpc) is 3.45. The number of allylic oxidation sites excluding steroid dienone is 1. The minimum Gasteiger partial charge on any atom is -0.493 e. The fraction of sp³-hybridized carbons (Fsp3) is 0.267. The van der Waals surface area contributed by atoms with E-state index in [0.29, 0.717) is 37.6 Å². The van der Waals surface area contributed by atoms with Gasteiger partial charge in [0.05, 0.1) is 24.7 Å². The van der Waals surface area contributed by atoms with Gasteiger partial charge in [-0.2, -0.15) is 0 Å². The van der Waals surface area contributed by atoms with Crippen molar-refractivity contribution in [2.24, 2.45) is 0 Å². The van der Waals surface area contributed by atoms with E-state index >= 15 is 0 Å². The summed E-state index contributed by atoms with van der Waals surface area (Å²) in [6, 6.07) is 22.1. The maximum absolute atomic E-state index is 13.0. The standard InChI is InChI=1S/C30H31N3O3/c1-4-8-22-13-14-27(28(18-22)35-3)36-16-15-32-26-12-6-5-11-25(26)31-30(32)23-19-29(34)33(20-23)24-10-7-9-21(2)17-24/h4-14,17-18,23H,15-16,19-20H2,1-3H3/b8-4+/t23-/m0/s1. The van der Waals surface area contributed by atoms with Gasteiger partial charge in [-0.25, -0.2) is 4.98 Å². The molecule has 0 N–H and O–H groups in total. The lowest BCUT2D eigenvalue weighted by molar-refractivity contribution is -0.117. The van der Waals surface area contributed by atoms with Gasteiger partial charge in [0.25, 0.3) is 0 Å². The number of ether oxygens (including phenoxy) is 2. The molecular formula is C30H31N3O3. The SMILES string of the molecule is C/C=C/c1ccc(OCCn2c([C@H]3CC(=O)N(c4cccc(C)c4)C3)nc3ccccc32)c(OC)c1. The van der Waals surface area contributed by atoms with Crippen LogP contribution in [0.25, 0.3) is 17.1 Å². The first-order valence-corrected chi connectivity index (χ1v) is 12.3. The number of carbonyl (C=O) groups excluding carboxylic acids is 1. The van der Waals surface area contributed by atoms with Gasteiger partial charge in [-0.1, -0.05) is 42.5 Å². The van der Waals surface area contributed by atoms with Crippen molar-refractivity contribution in [1.29, 1.82) is 0 Å². The molecule has 3 aromatic carbocycles. The van der Waals surface area contributed by atoms with Gasteiger partial charge in [0, 0.05) is 24.6 Å². The fourth-order valence-electron chi connectivity index (χ4n) is 4.91. The highest BCUT2D eigenvalue weighted by atomic mass is 16.5. The number of para-hydroxylation sites is 2. The maximum atomic E-state index is 13.0. The van der Waals surface area contributed by atoms with E-state index in [1.54, 1.807) is 7.11 Å². The van der Waals surface area contributed by atoms with Crippen LogP contribution in [0.3, 0.4) is 0 Å². The number of imidazole rings is 1. The van der Waals surface area contributed by atoms with Crippen molar-refractivity contribution in [2.75, 3.05) is 25.2 Å². The number of aromatic nitrogens is 2. The molecule has 36 heavy (non-hydrogen) atoms. The summed E-state index contributed by atoms with van der Waals surface area (Å²) < 4.78 is 13.9. The van der Waals surface area contributed by atoms with Crippen LogP contribution in [0.1, 0.15) is 36.2 Å². The Kier molecular flexibility index (Phi) is 6.76. The molecule has 6 heteroatoms. The second-order valence-electron chi connectivity index (χ2n) is 9.11. The summed E-state index contributed by atoms with van der Waals surface area (Å²) in [6.45, 7) is 5.72. The first kappa shape index (κ1) is 23.7. The maximum Gasteiger partial charge on any atom is 0.227 e. The van der Waals surface area contributed by atoms with Crippen LogP contribution < -0.4 is 14.4 Å². The molecule has 1 amide bonds. The van der Waals surface area contributed by atoms with Gasteiger partial charge in [0.1, 0.15) is 12.4 Å². The molecular weight excluding hydrogens is 450 g/mol. The zero-order valence-corrected chi connectivity index (χ0v) is 21.0. The Morgan fingerprint density at radius 1 is 1.06 bits per heavy atom. The number of fused-ring (bicyclic) bond motifs is 1. The molecule has 4 aromatic rings. The van der Waals surface area contributed by atoms with Crippen LogP contribution >= 0.6 is 0 Å². The van der Waals surface area contributed by atoms with Gasteiger partial charge in [-0.15, -0.1) is 0 Å². The Hall–Kier alpha value is -4.06. The number of methoxy groups -OCH3 is 1. The van der Waals surface area contributed by atoms with E-state index in [2.05, 4.69) is 16.7 Å². The molecule has 2 heterocycles. The van der Waals surface area contributed by atoms with Crippen LogP contribution in [0.4, 0.5) is 5.69 Å². The summed E-state index contributed by atoms with van der Waals surface area (Å²) in [5.74, 6) is 2.49. The Bertz CT molecular complexity index is 1420. The summed E-state index contributed by atoms with van der Waals surface area (Å²) in [4.78, 5) is 19.8. The Morgan fingerprint density at radius 2 is 1.92 bits per heavy atom. The predicted molar refractivity (Wildman–Crippen MR) is 144 cm³/mol. The number of nitrogens with zero attached hydrogens (tertiary/aromatic N) is 3.